The second-order valence-corrected chi connectivity index (χ2v) is 6.49. The van der Waals surface area contributed by atoms with E-state index >= 15 is 0 Å². The minimum Gasteiger partial charge on any atom is -0.481 e. The number of pyridine rings is 1. The maximum absolute atomic E-state index is 12.1. The molecule has 6 nitrogen and oxygen atoms in total. The van der Waals surface area contributed by atoms with Crippen LogP contribution in [-0.4, -0.2) is 38.8 Å². The van der Waals surface area contributed by atoms with Crippen LogP contribution in [0.5, 0.6) is 5.88 Å². The zero-order valence-corrected chi connectivity index (χ0v) is 11.9. The number of rotatable bonds is 6. The molecule has 0 aromatic carbocycles. The van der Waals surface area contributed by atoms with Crippen molar-refractivity contribution in [2.24, 2.45) is 0 Å². The molecule has 106 valence electrons. The largest absolute Gasteiger partial charge is 0.481 e. The van der Waals surface area contributed by atoms with Gasteiger partial charge >= 0.3 is 5.97 Å². The van der Waals surface area contributed by atoms with E-state index in [0.29, 0.717) is 11.6 Å². The number of aromatic nitrogens is 1. The molecule has 0 bridgehead atoms. The molecule has 1 unspecified atom stereocenters. The molecular weight excluding hydrogens is 270 g/mol. The molecule has 1 aromatic heterocycles. The van der Waals surface area contributed by atoms with Crippen molar-refractivity contribution in [2.75, 3.05) is 14.2 Å². The maximum Gasteiger partial charge on any atom is 0.306 e. The minimum absolute atomic E-state index is 0.164. The number of esters is 1. The molecule has 0 spiro atoms. The highest BCUT2D eigenvalue weighted by Crippen LogP contribution is 2.15. The summed E-state index contributed by atoms with van der Waals surface area (Å²) in [6.07, 6.45) is -0.164. The molecule has 7 heteroatoms. The van der Waals surface area contributed by atoms with E-state index < -0.39 is 21.1 Å². The number of hydrogen-bond donors (Lipinski definition) is 0. The van der Waals surface area contributed by atoms with E-state index in [1.165, 1.54) is 21.1 Å². The Hall–Kier alpha value is -1.63. The Morgan fingerprint density at radius 2 is 2.05 bits per heavy atom. The maximum atomic E-state index is 12.1. The number of nitrogens with zero attached hydrogens (tertiary/aromatic N) is 1. The van der Waals surface area contributed by atoms with Gasteiger partial charge in [-0.15, -0.1) is 0 Å². The predicted octanol–water partition coefficient (Wildman–Crippen LogP) is 0.957. The molecule has 1 aromatic rings. The second-order valence-electron chi connectivity index (χ2n) is 4.07. The molecule has 0 aliphatic rings. The third-order valence-corrected chi connectivity index (χ3v) is 4.73. The van der Waals surface area contributed by atoms with E-state index in [0.717, 1.165) is 0 Å². The van der Waals surface area contributed by atoms with E-state index in [4.69, 9.17) is 4.74 Å². The third-order valence-electron chi connectivity index (χ3n) is 2.63. The summed E-state index contributed by atoms with van der Waals surface area (Å²) < 4.78 is 33.5. The van der Waals surface area contributed by atoms with Crippen LogP contribution in [0, 0.1) is 0 Å². The summed E-state index contributed by atoms with van der Waals surface area (Å²) in [4.78, 5) is 15.1. The molecular formula is C12H17NO5S. The first-order chi connectivity index (χ1) is 8.89. The van der Waals surface area contributed by atoms with E-state index in [9.17, 15) is 13.2 Å². The standard InChI is InChI=1S/C12H17NO5S/c1-9(7-12(14)18-3)19(15,16)8-10-5-4-6-11(13-10)17-2/h4-6,9H,7-8H2,1-3H3. The monoisotopic (exact) mass is 287 g/mol. The third kappa shape index (κ3) is 4.51. The van der Waals surface area contributed by atoms with Gasteiger partial charge in [0.25, 0.3) is 0 Å². The van der Waals surface area contributed by atoms with Crippen LogP contribution in [0.15, 0.2) is 18.2 Å². The van der Waals surface area contributed by atoms with Gasteiger partial charge in [0.2, 0.25) is 5.88 Å². The van der Waals surface area contributed by atoms with Crippen LogP contribution in [-0.2, 0) is 25.1 Å². The molecule has 0 radical (unpaired) electrons. The average molecular weight is 287 g/mol. The number of sulfone groups is 1. The summed E-state index contributed by atoms with van der Waals surface area (Å²) in [5, 5.41) is -0.812. The highest BCUT2D eigenvalue weighted by Gasteiger charge is 2.25. The first-order valence-electron chi connectivity index (χ1n) is 5.67. The summed E-state index contributed by atoms with van der Waals surface area (Å²) in [5.41, 5.74) is 0.385. The lowest BCUT2D eigenvalue weighted by Gasteiger charge is -2.11. The van der Waals surface area contributed by atoms with Crippen LogP contribution >= 0.6 is 0 Å². The average Bonchev–Trinajstić information content (AvgIpc) is 2.38. The van der Waals surface area contributed by atoms with E-state index in [1.807, 2.05) is 0 Å². The number of carbonyl (C=O) groups excluding carboxylic acids is 1. The van der Waals surface area contributed by atoms with Crippen LogP contribution in [0.2, 0.25) is 0 Å². The number of hydrogen-bond acceptors (Lipinski definition) is 6. The van der Waals surface area contributed by atoms with Crippen molar-refractivity contribution >= 4 is 15.8 Å². The van der Waals surface area contributed by atoms with Crippen LogP contribution in [0.3, 0.4) is 0 Å². The molecule has 0 saturated heterocycles. The quantitative estimate of drug-likeness (QED) is 0.725. The minimum atomic E-state index is -3.46. The molecule has 0 amide bonds. The summed E-state index contributed by atoms with van der Waals surface area (Å²) >= 11 is 0. The van der Waals surface area contributed by atoms with Gasteiger partial charge in [-0.05, 0) is 13.0 Å². The van der Waals surface area contributed by atoms with Crippen LogP contribution < -0.4 is 4.74 Å². The highest BCUT2D eigenvalue weighted by molar-refractivity contribution is 7.91. The molecule has 1 rings (SSSR count). The zero-order valence-electron chi connectivity index (χ0n) is 11.1. The van der Waals surface area contributed by atoms with Gasteiger partial charge in [0, 0.05) is 6.07 Å². The fraction of sp³-hybridized carbons (Fsp3) is 0.500. The number of methoxy groups -OCH3 is 2. The Balaban J connectivity index is 2.81. The van der Waals surface area contributed by atoms with Crippen molar-refractivity contribution in [1.82, 2.24) is 4.98 Å². The van der Waals surface area contributed by atoms with Gasteiger partial charge in [-0.3, -0.25) is 4.79 Å². The molecule has 0 N–H and O–H groups in total. The summed E-state index contributed by atoms with van der Waals surface area (Å²) in [7, 11) is -0.776. The predicted molar refractivity (Wildman–Crippen MR) is 69.5 cm³/mol. The zero-order chi connectivity index (χ0) is 14.5. The Morgan fingerprint density at radius 3 is 2.63 bits per heavy atom. The smallest absolute Gasteiger partial charge is 0.306 e. The Morgan fingerprint density at radius 1 is 1.37 bits per heavy atom. The molecule has 0 saturated carbocycles. The van der Waals surface area contributed by atoms with Gasteiger partial charge in [0.15, 0.2) is 9.84 Å². The lowest BCUT2D eigenvalue weighted by Crippen LogP contribution is -2.23. The van der Waals surface area contributed by atoms with E-state index in [1.54, 1.807) is 18.2 Å². The van der Waals surface area contributed by atoms with Crippen molar-refractivity contribution in [2.45, 2.75) is 24.3 Å². The summed E-state index contributed by atoms with van der Waals surface area (Å²) in [6.45, 7) is 1.48. The molecule has 1 atom stereocenters. The topological polar surface area (TPSA) is 82.6 Å². The fourth-order valence-corrected chi connectivity index (χ4v) is 2.69. The Labute approximate surface area is 112 Å². The fourth-order valence-electron chi connectivity index (χ4n) is 1.45. The van der Waals surface area contributed by atoms with Crippen molar-refractivity contribution < 1.29 is 22.7 Å². The lowest BCUT2D eigenvalue weighted by atomic mass is 10.3. The van der Waals surface area contributed by atoms with Gasteiger partial charge < -0.3 is 9.47 Å². The Kier molecular flexibility index (Phi) is 5.29. The molecule has 0 fully saturated rings. The summed E-state index contributed by atoms with van der Waals surface area (Å²) in [5.74, 6) is -0.425. The van der Waals surface area contributed by atoms with Gasteiger partial charge in [0.05, 0.1) is 37.3 Å². The van der Waals surface area contributed by atoms with Crippen LogP contribution in [0.4, 0.5) is 0 Å². The highest BCUT2D eigenvalue weighted by atomic mass is 32.2. The molecule has 1 heterocycles. The van der Waals surface area contributed by atoms with E-state index in [2.05, 4.69) is 9.72 Å². The lowest BCUT2D eigenvalue weighted by molar-refractivity contribution is -0.140. The van der Waals surface area contributed by atoms with Crippen LogP contribution in [0.25, 0.3) is 0 Å². The van der Waals surface area contributed by atoms with Crippen molar-refractivity contribution in [3.63, 3.8) is 0 Å². The van der Waals surface area contributed by atoms with Gasteiger partial charge in [-0.1, -0.05) is 6.07 Å². The molecule has 0 aliphatic heterocycles. The molecule has 19 heavy (non-hydrogen) atoms. The van der Waals surface area contributed by atoms with Gasteiger partial charge in [0.1, 0.15) is 0 Å². The Bertz CT molecular complexity index is 541. The van der Waals surface area contributed by atoms with Crippen molar-refractivity contribution in [1.29, 1.82) is 0 Å². The molecule has 0 aliphatic carbocycles. The first-order valence-corrected chi connectivity index (χ1v) is 7.39. The SMILES string of the molecule is COC(=O)CC(C)S(=O)(=O)Cc1cccc(OC)n1. The normalized spacial score (nSPS) is 12.8. The summed E-state index contributed by atoms with van der Waals surface area (Å²) in [6, 6.07) is 4.90. The van der Waals surface area contributed by atoms with Crippen LogP contribution in [0.1, 0.15) is 19.0 Å². The van der Waals surface area contributed by atoms with Crippen molar-refractivity contribution in [3.05, 3.63) is 23.9 Å². The van der Waals surface area contributed by atoms with Gasteiger partial charge in [-0.2, -0.15) is 0 Å². The second kappa shape index (κ2) is 6.51. The first kappa shape index (κ1) is 15.4. The van der Waals surface area contributed by atoms with Crippen molar-refractivity contribution in [3.8, 4) is 5.88 Å². The van der Waals surface area contributed by atoms with Gasteiger partial charge in [-0.25, -0.2) is 13.4 Å². The number of ether oxygens (including phenoxy) is 2. The number of carbonyl (C=O) groups is 1. The van der Waals surface area contributed by atoms with E-state index in [-0.39, 0.29) is 12.2 Å².